The minimum atomic E-state index is 0.255. The number of nitrogens with zero attached hydrogens (tertiary/aromatic N) is 7. The van der Waals surface area contributed by atoms with Gasteiger partial charge in [0.05, 0.1) is 50.3 Å². The predicted octanol–water partition coefficient (Wildman–Crippen LogP) is 11.3. The Bertz CT molecular complexity index is 3290. The normalized spacial score (nSPS) is 11.2. The standard InChI is InChI=1S/C49H27N7/c50-28-34-26-33(47-39(30-52)46(31-14-4-1-5-15-31)53-49(54-47)32-16-6-2-7-17-32)27-35(29-51)48(34)56-41-23-13-11-21-38(41)45-43(56)25-24-42-44(45)37-20-10-12-22-40(37)55(42)36-18-8-3-9-19-36/h1-27H. The second kappa shape index (κ2) is 13.0. The highest BCUT2D eigenvalue weighted by molar-refractivity contribution is 6.29. The van der Waals surface area contributed by atoms with E-state index in [1.807, 2.05) is 102 Å². The average molecular weight is 714 g/mol. The summed E-state index contributed by atoms with van der Waals surface area (Å²) in [6.07, 6.45) is 0. The molecule has 0 aliphatic heterocycles. The third-order valence-corrected chi connectivity index (χ3v) is 10.4. The fourth-order valence-corrected chi connectivity index (χ4v) is 8.09. The maximum absolute atomic E-state index is 10.9. The molecule has 7 aromatic carbocycles. The van der Waals surface area contributed by atoms with Crippen molar-refractivity contribution in [2.45, 2.75) is 0 Å². The molecular formula is C49H27N7. The minimum Gasteiger partial charge on any atom is -0.309 e. The van der Waals surface area contributed by atoms with Crippen molar-refractivity contribution in [3.8, 4) is 63.5 Å². The van der Waals surface area contributed by atoms with Crippen LogP contribution < -0.4 is 0 Å². The van der Waals surface area contributed by atoms with Crippen LogP contribution in [0.25, 0.3) is 88.9 Å². The van der Waals surface area contributed by atoms with Gasteiger partial charge in [-0.25, -0.2) is 9.97 Å². The molecule has 10 aromatic rings. The van der Waals surface area contributed by atoms with Crippen molar-refractivity contribution < 1.29 is 0 Å². The largest absolute Gasteiger partial charge is 0.309 e. The highest BCUT2D eigenvalue weighted by atomic mass is 15.0. The van der Waals surface area contributed by atoms with Gasteiger partial charge in [0.1, 0.15) is 23.8 Å². The first-order valence-corrected chi connectivity index (χ1v) is 18.1. The lowest BCUT2D eigenvalue weighted by Crippen LogP contribution is -2.05. The summed E-state index contributed by atoms with van der Waals surface area (Å²) in [4.78, 5) is 9.82. The van der Waals surface area contributed by atoms with Crippen molar-refractivity contribution in [3.05, 3.63) is 180 Å². The molecule has 258 valence electrons. The average Bonchev–Trinajstić information content (AvgIpc) is 3.79. The van der Waals surface area contributed by atoms with E-state index >= 15 is 0 Å². The lowest BCUT2D eigenvalue weighted by molar-refractivity contribution is 1.14. The molecule has 56 heavy (non-hydrogen) atoms. The van der Waals surface area contributed by atoms with Crippen molar-refractivity contribution in [1.82, 2.24) is 19.1 Å². The zero-order valence-electron chi connectivity index (χ0n) is 29.7. The fraction of sp³-hybridized carbons (Fsp3) is 0. The number of rotatable bonds is 5. The lowest BCUT2D eigenvalue weighted by Gasteiger charge is -2.16. The van der Waals surface area contributed by atoms with Crippen molar-refractivity contribution in [1.29, 1.82) is 15.8 Å². The maximum Gasteiger partial charge on any atom is 0.160 e. The van der Waals surface area contributed by atoms with Gasteiger partial charge < -0.3 is 9.13 Å². The number of hydrogen-bond donors (Lipinski definition) is 0. The molecule has 7 heteroatoms. The van der Waals surface area contributed by atoms with Crippen molar-refractivity contribution in [3.63, 3.8) is 0 Å². The molecule has 0 amide bonds. The Morgan fingerprint density at radius 3 is 1.43 bits per heavy atom. The molecule has 0 saturated heterocycles. The molecule has 0 N–H and O–H groups in total. The van der Waals surface area contributed by atoms with Crippen LogP contribution in [0, 0.1) is 34.0 Å². The highest BCUT2D eigenvalue weighted by Crippen LogP contribution is 2.44. The molecule has 3 heterocycles. The molecule has 0 fully saturated rings. The van der Waals surface area contributed by atoms with E-state index in [0.29, 0.717) is 28.5 Å². The van der Waals surface area contributed by atoms with Crippen LogP contribution in [0.1, 0.15) is 16.7 Å². The first kappa shape index (κ1) is 32.3. The molecule has 0 atom stereocenters. The molecule has 0 spiro atoms. The first-order valence-electron chi connectivity index (χ1n) is 18.1. The number of para-hydroxylation sites is 3. The van der Waals surface area contributed by atoms with Crippen LogP contribution in [0.5, 0.6) is 0 Å². The maximum atomic E-state index is 10.9. The molecule has 0 saturated carbocycles. The summed E-state index contributed by atoms with van der Waals surface area (Å²) in [5.74, 6) is 0.431. The fourth-order valence-electron chi connectivity index (χ4n) is 8.09. The number of hydrogen-bond acceptors (Lipinski definition) is 5. The number of fused-ring (bicyclic) bond motifs is 7. The lowest BCUT2D eigenvalue weighted by atomic mass is 9.96. The molecular weight excluding hydrogens is 687 g/mol. The van der Waals surface area contributed by atoms with Crippen LogP contribution in [-0.2, 0) is 0 Å². The van der Waals surface area contributed by atoms with Crippen LogP contribution in [0.3, 0.4) is 0 Å². The van der Waals surface area contributed by atoms with E-state index in [1.54, 1.807) is 12.1 Å². The van der Waals surface area contributed by atoms with Crippen LogP contribution in [0.15, 0.2) is 164 Å². The zero-order chi connectivity index (χ0) is 37.8. The Balaban J connectivity index is 1.27. The van der Waals surface area contributed by atoms with Gasteiger partial charge in [0.2, 0.25) is 0 Å². The summed E-state index contributed by atoms with van der Waals surface area (Å²) in [6.45, 7) is 0. The van der Waals surface area contributed by atoms with E-state index in [0.717, 1.165) is 60.4 Å². The van der Waals surface area contributed by atoms with Gasteiger partial charge in [-0.3, -0.25) is 0 Å². The second-order valence-corrected chi connectivity index (χ2v) is 13.5. The van der Waals surface area contributed by atoms with E-state index in [-0.39, 0.29) is 16.7 Å². The Morgan fingerprint density at radius 1 is 0.411 bits per heavy atom. The Kier molecular flexibility index (Phi) is 7.49. The molecule has 0 aliphatic carbocycles. The predicted molar refractivity (Wildman–Crippen MR) is 221 cm³/mol. The van der Waals surface area contributed by atoms with E-state index in [1.165, 1.54) is 0 Å². The Hall–Kier alpha value is -8.31. The number of aromatic nitrogens is 4. The Morgan fingerprint density at radius 2 is 0.875 bits per heavy atom. The van der Waals surface area contributed by atoms with Crippen molar-refractivity contribution >= 4 is 43.6 Å². The van der Waals surface area contributed by atoms with E-state index in [9.17, 15) is 15.8 Å². The van der Waals surface area contributed by atoms with E-state index < -0.39 is 0 Å². The minimum absolute atomic E-state index is 0.255. The van der Waals surface area contributed by atoms with Crippen LogP contribution in [0.2, 0.25) is 0 Å². The van der Waals surface area contributed by atoms with Gasteiger partial charge in [-0.05, 0) is 48.5 Å². The van der Waals surface area contributed by atoms with Crippen LogP contribution >= 0.6 is 0 Å². The number of nitriles is 3. The topological polar surface area (TPSA) is 107 Å². The van der Waals surface area contributed by atoms with Gasteiger partial charge in [0.15, 0.2) is 5.82 Å². The van der Waals surface area contributed by atoms with Gasteiger partial charge in [0.25, 0.3) is 0 Å². The third-order valence-electron chi connectivity index (χ3n) is 10.4. The van der Waals surface area contributed by atoms with Crippen LogP contribution in [0.4, 0.5) is 0 Å². The van der Waals surface area contributed by atoms with Gasteiger partial charge in [-0.2, -0.15) is 15.8 Å². The summed E-state index contributed by atoms with van der Waals surface area (Å²) >= 11 is 0. The monoisotopic (exact) mass is 713 g/mol. The summed E-state index contributed by atoms with van der Waals surface area (Å²) < 4.78 is 4.32. The second-order valence-electron chi connectivity index (χ2n) is 13.5. The van der Waals surface area contributed by atoms with E-state index in [2.05, 4.69) is 77.4 Å². The van der Waals surface area contributed by atoms with Gasteiger partial charge in [0, 0.05) is 43.9 Å². The van der Waals surface area contributed by atoms with Gasteiger partial charge >= 0.3 is 0 Å². The SMILES string of the molecule is N#Cc1cc(-c2nc(-c3ccccc3)nc(-c3ccccc3)c2C#N)cc(C#N)c1-n1c2ccccc2c2c3c4ccccc4n(-c4ccccc4)c3ccc21. The molecule has 0 bridgehead atoms. The molecule has 7 nitrogen and oxygen atoms in total. The van der Waals surface area contributed by atoms with Gasteiger partial charge in [-0.1, -0.05) is 115 Å². The smallest absolute Gasteiger partial charge is 0.160 e. The molecule has 0 radical (unpaired) electrons. The van der Waals surface area contributed by atoms with Crippen molar-refractivity contribution in [2.75, 3.05) is 0 Å². The molecule has 0 unspecified atom stereocenters. The summed E-state index contributed by atoms with van der Waals surface area (Å²) in [5.41, 5.74) is 9.03. The summed E-state index contributed by atoms with van der Waals surface area (Å²) in [6, 6.07) is 60.9. The summed E-state index contributed by atoms with van der Waals surface area (Å²) in [7, 11) is 0. The molecule has 0 aliphatic rings. The molecule has 3 aromatic heterocycles. The zero-order valence-corrected chi connectivity index (χ0v) is 29.7. The van der Waals surface area contributed by atoms with E-state index in [4.69, 9.17) is 9.97 Å². The highest BCUT2D eigenvalue weighted by Gasteiger charge is 2.25. The quantitative estimate of drug-likeness (QED) is 0.176. The van der Waals surface area contributed by atoms with Gasteiger partial charge in [-0.15, -0.1) is 0 Å². The van der Waals surface area contributed by atoms with Crippen LogP contribution in [-0.4, -0.2) is 19.1 Å². The third kappa shape index (κ3) is 4.88. The first-order chi connectivity index (χ1) is 27.7. The Labute approximate surface area is 321 Å². The number of benzene rings is 7. The van der Waals surface area contributed by atoms with Crippen molar-refractivity contribution in [2.24, 2.45) is 0 Å². The molecule has 10 rings (SSSR count). The summed E-state index contributed by atoms with van der Waals surface area (Å²) in [5, 5.41) is 36.7.